The van der Waals surface area contributed by atoms with Gasteiger partial charge in [-0.05, 0) is 17.7 Å². The van der Waals surface area contributed by atoms with Crippen molar-refractivity contribution in [3.05, 3.63) is 77.0 Å². The Morgan fingerprint density at radius 2 is 1.83 bits per heavy atom. The molecule has 0 spiro atoms. The van der Waals surface area contributed by atoms with E-state index in [2.05, 4.69) is 25.3 Å². The highest BCUT2D eigenvalue weighted by Gasteiger charge is 2.40. The molecule has 0 aliphatic heterocycles. The van der Waals surface area contributed by atoms with Gasteiger partial charge in [0.05, 0.1) is 24.6 Å². The van der Waals surface area contributed by atoms with Crippen molar-refractivity contribution in [1.29, 1.82) is 0 Å². The van der Waals surface area contributed by atoms with Gasteiger partial charge in [0, 0.05) is 11.8 Å². The number of halogens is 3. The van der Waals surface area contributed by atoms with Gasteiger partial charge in [-0.25, -0.2) is 4.98 Å². The molecule has 0 radical (unpaired) electrons. The van der Waals surface area contributed by atoms with E-state index in [1.54, 1.807) is 36.4 Å². The van der Waals surface area contributed by atoms with E-state index in [4.69, 9.17) is 9.15 Å². The molecule has 2 N–H and O–H groups in total. The van der Waals surface area contributed by atoms with Crippen LogP contribution in [0, 0.1) is 0 Å². The molecule has 0 aliphatic rings. The zero-order chi connectivity index (χ0) is 25.0. The van der Waals surface area contributed by atoms with E-state index in [1.807, 2.05) is 0 Å². The second kappa shape index (κ2) is 7.83. The molecule has 0 amide bonds. The van der Waals surface area contributed by atoms with E-state index in [0.717, 1.165) is 0 Å². The lowest BCUT2D eigenvalue weighted by molar-refractivity contribution is -0.140. The zero-order valence-electron chi connectivity index (χ0n) is 18.4. The molecule has 6 aromatic rings. The Bertz CT molecular complexity index is 1780. The molecule has 0 bridgehead atoms. The van der Waals surface area contributed by atoms with Crippen LogP contribution in [0.1, 0.15) is 5.69 Å². The highest BCUT2D eigenvalue weighted by molar-refractivity contribution is 5.87. The van der Waals surface area contributed by atoms with Gasteiger partial charge < -0.3 is 14.1 Å². The number of fused-ring (bicyclic) bond motifs is 2. The van der Waals surface area contributed by atoms with Crippen LogP contribution in [0.5, 0.6) is 5.75 Å². The molecule has 0 saturated heterocycles. The average molecular weight is 492 g/mol. The molecule has 9 nitrogen and oxygen atoms in total. The van der Waals surface area contributed by atoms with E-state index in [0.29, 0.717) is 26.9 Å². The minimum absolute atomic E-state index is 0.112. The molecule has 6 rings (SSSR count). The standard InChI is InChI=1S/C24H15F3N6O3/c1-35-14-8-5-9-15-19(14)31-22(36-15)17-18(13-10-28-29-11-13)30-21-16(12-6-3-2-4-7-12)20(24(25,26)27)32-33(21)23(17)34/h2-11,30H,1H3,(H,28,29). The Hall–Kier alpha value is -4.87. The van der Waals surface area contributed by atoms with Gasteiger partial charge in [-0.2, -0.15) is 27.9 Å². The molecule has 0 fully saturated rings. The van der Waals surface area contributed by atoms with Crippen LogP contribution in [0.15, 0.2) is 70.1 Å². The van der Waals surface area contributed by atoms with Gasteiger partial charge in [-0.15, -0.1) is 0 Å². The van der Waals surface area contributed by atoms with Crippen molar-refractivity contribution >= 4 is 16.7 Å². The van der Waals surface area contributed by atoms with Gasteiger partial charge in [0.1, 0.15) is 17.0 Å². The monoisotopic (exact) mass is 492 g/mol. The highest BCUT2D eigenvalue weighted by Crippen LogP contribution is 2.40. The third-order valence-corrected chi connectivity index (χ3v) is 5.72. The number of benzene rings is 2. The minimum atomic E-state index is -4.82. The lowest BCUT2D eigenvalue weighted by Crippen LogP contribution is -2.19. The molecule has 4 heterocycles. The maximum absolute atomic E-state index is 14.1. The van der Waals surface area contributed by atoms with E-state index in [-0.39, 0.29) is 33.9 Å². The maximum atomic E-state index is 14.1. The molecule has 180 valence electrons. The fraction of sp³-hybridized carbons (Fsp3) is 0.0833. The second-order valence-corrected chi connectivity index (χ2v) is 7.84. The molecule has 36 heavy (non-hydrogen) atoms. The van der Waals surface area contributed by atoms with Gasteiger partial charge >= 0.3 is 6.18 Å². The molecular formula is C24H15F3N6O3. The molecular weight excluding hydrogens is 477 g/mol. The third-order valence-electron chi connectivity index (χ3n) is 5.72. The summed E-state index contributed by atoms with van der Waals surface area (Å²) in [5.74, 6) is 0.300. The van der Waals surface area contributed by atoms with Crippen LogP contribution >= 0.6 is 0 Å². The van der Waals surface area contributed by atoms with Crippen molar-refractivity contribution in [2.45, 2.75) is 6.18 Å². The van der Waals surface area contributed by atoms with Crippen molar-refractivity contribution < 1.29 is 22.3 Å². The average Bonchev–Trinajstić information content (AvgIpc) is 3.61. The first-order valence-electron chi connectivity index (χ1n) is 10.6. The van der Waals surface area contributed by atoms with Crippen LogP contribution in [-0.4, -0.2) is 36.9 Å². The Labute approximate surface area is 199 Å². The Morgan fingerprint density at radius 3 is 2.53 bits per heavy atom. The SMILES string of the molecule is COc1cccc2oc(-c3c(-c4cn[nH]c4)[nH]c4c(-c5ccccc5)c(C(F)(F)F)nn4c3=O)nc12. The van der Waals surface area contributed by atoms with Crippen molar-refractivity contribution in [2.75, 3.05) is 7.11 Å². The van der Waals surface area contributed by atoms with E-state index in [1.165, 1.54) is 31.6 Å². The number of H-pyrrole nitrogens is 2. The fourth-order valence-corrected chi connectivity index (χ4v) is 4.15. The van der Waals surface area contributed by atoms with Crippen LogP contribution in [0.2, 0.25) is 0 Å². The second-order valence-electron chi connectivity index (χ2n) is 7.84. The summed E-state index contributed by atoms with van der Waals surface area (Å²) < 4.78 is 54.1. The number of hydrogen-bond donors (Lipinski definition) is 2. The van der Waals surface area contributed by atoms with Crippen molar-refractivity contribution in [3.8, 4) is 39.6 Å². The van der Waals surface area contributed by atoms with Gasteiger partial charge in [-0.3, -0.25) is 9.89 Å². The lowest BCUT2D eigenvalue weighted by atomic mass is 10.0. The first-order valence-corrected chi connectivity index (χ1v) is 10.6. The van der Waals surface area contributed by atoms with E-state index < -0.39 is 17.4 Å². The van der Waals surface area contributed by atoms with E-state index in [9.17, 15) is 18.0 Å². The first-order chi connectivity index (χ1) is 17.4. The molecule has 2 aromatic carbocycles. The maximum Gasteiger partial charge on any atom is 0.435 e. The first kappa shape index (κ1) is 21.6. The molecule has 0 unspecified atom stereocenters. The number of nitrogens with zero attached hydrogens (tertiary/aromatic N) is 4. The smallest absolute Gasteiger partial charge is 0.435 e. The lowest BCUT2D eigenvalue weighted by Gasteiger charge is -2.08. The number of para-hydroxylation sites is 1. The predicted molar refractivity (Wildman–Crippen MR) is 123 cm³/mol. The van der Waals surface area contributed by atoms with Crippen molar-refractivity contribution in [3.63, 3.8) is 0 Å². The third kappa shape index (κ3) is 3.26. The number of ether oxygens (including phenoxy) is 1. The van der Waals surface area contributed by atoms with Crippen LogP contribution < -0.4 is 10.3 Å². The van der Waals surface area contributed by atoms with Crippen LogP contribution in [0.25, 0.3) is 50.6 Å². The number of hydrogen-bond acceptors (Lipinski definition) is 6. The molecule has 0 saturated carbocycles. The Balaban J connectivity index is 1.74. The summed E-state index contributed by atoms with van der Waals surface area (Å²) in [6.07, 6.45) is -1.89. The van der Waals surface area contributed by atoms with Crippen LogP contribution in [0.3, 0.4) is 0 Å². The summed E-state index contributed by atoms with van der Waals surface area (Å²) in [6.45, 7) is 0. The summed E-state index contributed by atoms with van der Waals surface area (Å²) in [6, 6.07) is 12.9. The Kier molecular flexibility index (Phi) is 4.71. The number of nitrogens with one attached hydrogen (secondary N) is 2. The number of aromatic amines is 2. The molecule has 4 aromatic heterocycles. The van der Waals surface area contributed by atoms with Crippen molar-refractivity contribution in [2.24, 2.45) is 0 Å². The molecule has 0 atom stereocenters. The quantitative estimate of drug-likeness (QED) is 0.361. The largest absolute Gasteiger partial charge is 0.494 e. The van der Waals surface area contributed by atoms with Gasteiger partial charge in [0.15, 0.2) is 16.8 Å². The predicted octanol–water partition coefficient (Wildman–Crippen LogP) is 4.92. The summed E-state index contributed by atoms with van der Waals surface area (Å²) in [7, 11) is 1.46. The summed E-state index contributed by atoms with van der Waals surface area (Å²) in [5.41, 5.74) is -1.04. The fourth-order valence-electron chi connectivity index (χ4n) is 4.15. The van der Waals surface area contributed by atoms with E-state index >= 15 is 0 Å². The topological polar surface area (TPSA) is 114 Å². The number of alkyl halides is 3. The molecule has 12 heteroatoms. The number of oxazole rings is 1. The van der Waals surface area contributed by atoms with Crippen molar-refractivity contribution in [1.82, 2.24) is 29.8 Å². The van der Waals surface area contributed by atoms with Crippen LogP contribution in [0.4, 0.5) is 13.2 Å². The summed E-state index contributed by atoms with van der Waals surface area (Å²) >= 11 is 0. The van der Waals surface area contributed by atoms with Gasteiger partial charge in [-0.1, -0.05) is 36.4 Å². The van der Waals surface area contributed by atoms with Gasteiger partial charge in [0.2, 0.25) is 5.89 Å². The Morgan fingerprint density at radius 1 is 1.03 bits per heavy atom. The highest BCUT2D eigenvalue weighted by atomic mass is 19.4. The normalized spacial score (nSPS) is 12.0. The summed E-state index contributed by atoms with van der Waals surface area (Å²) in [5, 5.41) is 10.3. The number of aromatic nitrogens is 6. The number of rotatable bonds is 4. The zero-order valence-corrected chi connectivity index (χ0v) is 18.4. The number of methoxy groups -OCH3 is 1. The summed E-state index contributed by atoms with van der Waals surface area (Å²) in [4.78, 5) is 21.2. The molecule has 0 aliphatic carbocycles. The van der Waals surface area contributed by atoms with Crippen LogP contribution in [-0.2, 0) is 6.18 Å². The minimum Gasteiger partial charge on any atom is -0.494 e. The van der Waals surface area contributed by atoms with Gasteiger partial charge in [0.25, 0.3) is 5.56 Å².